The maximum Gasteiger partial charge on any atom is 0.248 e. The van der Waals surface area contributed by atoms with E-state index in [1.807, 2.05) is 6.07 Å². The van der Waals surface area contributed by atoms with E-state index in [0.29, 0.717) is 16.6 Å². The second-order valence-corrected chi connectivity index (χ2v) is 5.00. The first-order valence-corrected chi connectivity index (χ1v) is 6.19. The molecule has 3 rings (SSSR count). The summed E-state index contributed by atoms with van der Waals surface area (Å²) in [4.78, 5) is 14.0. The van der Waals surface area contributed by atoms with Crippen molar-refractivity contribution in [2.24, 2.45) is 0 Å². The molecule has 0 aliphatic carbocycles. The molecule has 1 aromatic carbocycles. The first kappa shape index (κ1) is 13.7. The maximum atomic E-state index is 11.9. The molecule has 0 aromatic heterocycles. The van der Waals surface area contributed by atoms with Gasteiger partial charge in [0.05, 0.1) is 21.4 Å². The van der Waals surface area contributed by atoms with Crippen LogP contribution < -0.4 is 15.5 Å². The largest absolute Gasteiger partial charge is 0.355 e. The van der Waals surface area contributed by atoms with Gasteiger partial charge >= 0.3 is 0 Å². The molecule has 0 saturated carbocycles. The summed E-state index contributed by atoms with van der Waals surface area (Å²) in [5.41, 5.74) is 1.69. The van der Waals surface area contributed by atoms with Crippen molar-refractivity contribution in [3.8, 4) is 0 Å². The molecular formula is C11H12Cl3N3O. The first-order valence-electron chi connectivity index (χ1n) is 5.44. The quantitative estimate of drug-likeness (QED) is 0.772. The minimum atomic E-state index is -0.159. The molecule has 0 spiro atoms. The predicted octanol–water partition coefficient (Wildman–Crippen LogP) is 2.15. The second kappa shape index (κ2) is 5.13. The Balaban J connectivity index is 0.00000120. The molecule has 0 radical (unpaired) electrons. The van der Waals surface area contributed by atoms with Crippen LogP contribution in [0.15, 0.2) is 12.1 Å². The highest BCUT2D eigenvalue weighted by Crippen LogP contribution is 2.38. The van der Waals surface area contributed by atoms with Crippen molar-refractivity contribution in [2.75, 3.05) is 29.9 Å². The highest BCUT2D eigenvalue weighted by atomic mass is 35.5. The third-order valence-electron chi connectivity index (χ3n) is 3.15. The molecule has 1 atom stereocenters. The van der Waals surface area contributed by atoms with E-state index in [4.69, 9.17) is 23.2 Å². The lowest BCUT2D eigenvalue weighted by atomic mass is 10.1. The van der Waals surface area contributed by atoms with E-state index in [9.17, 15) is 4.79 Å². The van der Waals surface area contributed by atoms with E-state index in [0.717, 1.165) is 24.5 Å². The molecule has 0 unspecified atom stereocenters. The topological polar surface area (TPSA) is 44.4 Å². The number of piperazine rings is 1. The minimum absolute atomic E-state index is 0. The van der Waals surface area contributed by atoms with Gasteiger partial charge in [-0.3, -0.25) is 4.79 Å². The molecule has 1 fully saturated rings. The summed E-state index contributed by atoms with van der Waals surface area (Å²) in [6, 6.07) is 3.36. The number of halogens is 3. The van der Waals surface area contributed by atoms with Crippen LogP contribution in [-0.2, 0) is 4.79 Å². The Hall–Kier alpha value is -0.680. The average molecular weight is 309 g/mol. The minimum Gasteiger partial charge on any atom is -0.355 e. The number of hydrogen-bond donors (Lipinski definition) is 2. The van der Waals surface area contributed by atoms with Crippen LogP contribution in [0.3, 0.4) is 0 Å². The molecule has 2 heterocycles. The number of rotatable bonds is 0. The number of nitrogens with zero attached hydrogens (tertiary/aromatic N) is 1. The van der Waals surface area contributed by atoms with Gasteiger partial charge in [0.1, 0.15) is 6.04 Å². The molecule has 1 saturated heterocycles. The van der Waals surface area contributed by atoms with Crippen LogP contribution in [0.4, 0.5) is 11.4 Å². The predicted molar refractivity (Wildman–Crippen MR) is 76.3 cm³/mol. The summed E-state index contributed by atoms with van der Waals surface area (Å²) in [7, 11) is 0. The lowest BCUT2D eigenvalue weighted by molar-refractivity contribution is -0.117. The van der Waals surface area contributed by atoms with Crippen LogP contribution in [-0.4, -0.2) is 31.6 Å². The van der Waals surface area contributed by atoms with Crippen molar-refractivity contribution in [3.63, 3.8) is 0 Å². The van der Waals surface area contributed by atoms with Gasteiger partial charge in [0, 0.05) is 19.6 Å². The molecule has 0 bridgehead atoms. The summed E-state index contributed by atoms with van der Waals surface area (Å²) in [5, 5.41) is 7.04. The third-order valence-corrected chi connectivity index (χ3v) is 3.87. The molecule has 2 aliphatic rings. The lowest BCUT2D eigenvalue weighted by Gasteiger charge is -2.41. The van der Waals surface area contributed by atoms with Crippen LogP contribution in [0, 0.1) is 0 Å². The zero-order chi connectivity index (χ0) is 12.0. The summed E-state index contributed by atoms with van der Waals surface area (Å²) in [5.74, 6) is 0.00286. The first-order chi connectivity index (χ1) is 8.16. The van der Waals surface area contributed by atoms with Crippen molar-refractivity contribution >= 4 is 52.9 Å². The van der Waals surface area contributed by atoms with E-state index < -0.39 is 0 Å². The highest BCUT2D eigenvalue weighted by molar-refractivity contribution is 6.42. The monoisotopic (exact) mass is 307 g/mol. The molecule has 4 nitrogen and oxygen atoms in total. The van der Waals surface area contributed by atoms with Gasteiger partial charge in [0.15, 0.2) is 0 Å². The normalized spacial score (nSPS) is 21.6. The van der Waals surface area contributed by atoms with Crippen molar-refractivity contribution in [1.82, 2.24) is 5.32 Å². The van der Waals surface area contributed by atoms with Crippen LogP contribution in [0.25, 0.3) is 0 Å². The number of anilines is 2. The van der Waals surface area contributed by atoms with Crippen LogP contribution in [0.1, 0.15) is 0 Å². The SMILES string of the molecule is Cl.O=C1Nc2cc(Cl)c(Cl)cc2N2CCNC[C@H]12. The Morgan fingerprint density at radius 2 is 2.00 bits per heavy atom. The summed E-state index contributed by atoms with van der Waals surface area (Å²) < 4.78 is 0. The van der Waals surface area contributed by atoms with Gasteiger partial charge in [0.25, 0.3) is 0 Å². The summed E-state index contributed by atoms with van der Waals surface area (Å²) in [6.45, 7) is 2.32. The smallest absolute Gasteiger partial charge is 0.248 e. The van der Waals surface area contributed by atoms with Crippen molar-refractivity contribution in [1.29, 1.82) is 0 Å². The Morgan fingerprint density at radius 3 is 2.78 bits per heavy atom. The lowest BCUT2D eigenvalue weighted by Crippen LogP contribution is -2.58. The number of carbonyl (C=O) groups excluding carboxylic acids is 1. The van der Waals surface area contributed by atoms with Gasteiger partial charge < -0.3 is 15.5 Å². The number of amides is 1. The standard InChI is InChI=1S/C11H11Cl2N3O.ClH/c12-6-3-8-9(4-7(6)13)16-2-1-14-5-10(16)11(17)15-8;/h3-4,10,14H,1-2,5H2,(H,15,17);1H/t10-;/m1./s1. The third kappa shape index (κ3) is 2.14. The number of carbonyl (C=O) groups is 1. The second-order valence-electron chi connectivity index (χ2n) is 4.19. The summed E-state index contributed by atoms with van der Waals surface area (Å²) >= 11 is 12.0. The fraction of sp³-hybridized carbons (Fsp3) is 0.364. The van der Waals surface area contributed by atoms with Crippen LogP contribution in [0.5, 0.6) is 0 Å². The Kier molecular flexibility index (Phi) is 3.92. The highest BCUT2D eigenvalue weighted by Gasteiger charge is 2.34. The van der Waals surface area contributed by atoms with E-state index >= 15 is 0 Å². The Morgan fingerprint density at radius 1 is 1.28 bits per heavy atom. The number of hydrogen-bond acceptors (Lipinski definition) is 3. The Bertz CT molecular complexity index is 495. The van der Waals surface area contributed by atoms with Gasteiger partial charge in [-0.1, -0.05) is 23.2 Å². The van der Waals surface area contributed by atoms with Gasteiger partial charge in [-0.05, 0) is 12.1 Å². The number of benzene rings is 1. The molecule has 18 heavy (non-hydrogen) atoms. The molecule has 98 valence electrons. The molecule has 7 heteroatoms. The van der Waals surface area contributed by atoms with Crippen LogP contribution >= 0.6 is 35.6 Å². The molecule has 2 aliphatic heterocycles. The maximum absolute atomic E-state index is 11.9. The van der Waals surface area contributed by atoms with E-state index in [-0.39, 0.29) is 24.4 Å². The van der Waals surface area contributed by atoms with E-state index in [2.05, 4.69) is 15.5 Å². The fourth-order valence-electron chi connectivity index (χ4n) is 2.32. The molecule has 1 amide bonds. The van der Waals surface area contributed by atoms with E-state index in [1.54, 1.807) is 6.07 Å². The van der Waals surface area contributed by atoms with Gasteiger partial charge in [0.2, 0.25) is 5.91 Å². The van der Waals surface area contributed by atoms with Crippen LogP contribution in [0.2, 0.25) is 10.0 Å². The zero-order valence-electron chi connectivity index (χ0n) is 9.37. The number of nitrogens with one attached hydrogen (secondary N) is 2. The summed E-state index contributed by atoms with van der Waals surface area (Å²) in [6.07, 6.45) is 0. The number of fused-ring (bicyclic) bond motifs is 3. The van der Waals surface area contributed by atoms with Crippen molar-refractivity contribution in [2.45, 2.75) is 6.04 Å². The Labute approximate surface area is 121 Å². The zero-order valence-corrected chi connectivity index (χ0v) is 11.7. The average Bonchev–Trinajstić information content (AvgIpc) is 2.32. The van der Waals surface area contributed by atoms with Gasteiger partial charge in [-0.15, -0.1) is 12.4 Å². The fourth-order valence-corrected chi connectivity index (χ4v) is 2.64. The van der Waals surface area contributed by atoms with E-state index in [1.165, 1.54) is 0 Å². The molecular weight excluding hydrogens is 297 g/mol. The van der Waals surface area contributed by atoms with Crippen molar-refractivity contribution < 1.29 is 4.79 Å². The molecule has 2 N–H and O–H groups in total. The van der Waals surface area contributed by atoms with Crippen molar-refractivity contribution in [3.05, 3.63) is 22.2 Å². The van der Waals surface area contributed by atoms with Gasteiger partial charge in [-0.2, -0.15) is 0 Å². The van der Waals surface area contributed by atoms with Gasteiger partial charge in [-0.25, -0.2) is 0 Å². The molecule has 1 aromatic rings.